The third-order valence-electron chi connectivity index (χ3n) is 5.05. The number of sulfonamides is 1. The minimum atomic E-state index is -3.81. The van der Waals surface area contributed by atoms with Crippen molar-refractivity contribution in [2.75, 3.05) is 11.3 Å². The number of nitrogens with one attached hydrogen (secondary N) is 2. The van der Waals surface area contributed by atoms with Crippen LogP contribution in [0.4, 0.5) is 5.69 Å². The Kier molecular flexibility index (Phi) is 7.13. The molecule has 0 heterocycles. The summed E-state index contributed by atoms with van der Waals surface area (Å²) in [4.78, 5) is 12.7. The Hall–Kier alpha value is -3.12. The highest BCUT2D eigenvalue weighted by atomic mass is 32.2. The lowest BCUT2D eigenvalue weighted by Gasteiger charge is -2.12. The Morgan fingerprint density at radius 2 is 1.61 bits per heavy atom. The first kappa shape index (κ1) is 22.6. The first-order valence-electron chi connectivity index (χ1n) is 10.3. The van der Waals surface area contributed by atoms with E-state index in [2.05, 4.69) is 35.2 Å². The van der Waals surface area contributed by atoms with Gasteiger partial charge in [-0.25, -0.2) is 8.42 Å². The van der Waals surface area contributed by atoms with Gasteiger partial charge in [0, 0.05) is 17.8 Å². The number of carbonyl (C=O) groups excluding carboxylic acids is 1. The van der Waals surface area contributed by atoms with Gasteiger partial charge in [-0.05, 0) is 69.0 Å². The molecule has 0 spiro atoms. The summed E-state index contributed by atoms with van der Waals surface area (Å²) >= 11 is 0. The van der Waals surface area contributed by atoms with E-state index in [-0.39, 0.29) is 10.8 Å². The van der Waals surface area contributed by atoms with Crippen LogP contribution in [0, 0.1) is 20.8 Å². The van der Waals surface area contributed by atoms with Crippen molar-refractivity contribution in [3.63, 3.8) is 0 Å². The van der Waals surface area contributed by atoms with E-state index < -0.39 is 10.0 Å². The Morgan fingerprint density at radius 1 is 0.871 bits per heavy atom. The number of aryl methyl sites for hydroxylation is 4. The van der Waals surface area contributed by atoms with E-state index in [4.69, 9.17) is 0 Å². The predicted octanol–water partition coefficient (Wildman–Crippen LogP) is 4.78. The molecule has 0 atom stereocenters. The van der Waals surface area contributed by atoms with Gasteiger partial charge in [0.25, 0.3) is 15.9 Å². The lowest BCUT2D eigenvalue weighted by Crippen LogP contribution is -2.25. The van der Waals surface area contributed by atoms with Gasteiger partial charge in [0.15, 0.2) is 0 Å². The minimum Gasteiger partial charge on any atom is -0.352 e. The number of benzene rings is 3. The van der Waals surface area contributed by atoms with Gasteiger partial charge in [0.1, 0.15) is 0 Å². The SMILES string of the molecule is Cc1ccc(NS(=O)(=O)c2cc(C(=O)NCCCc3cccc(C)c3)ccc2C)cc1. The molecule has 0 aliphatic rings. The largest absolute Gasteiger partial charge is 0.352 e. The molecule has 5 nitrogen and oxygen atoms in total. The van der Waals surface area contributed by atoms with Crippen LogP contribution in [0.5, 0.6) is 0 Å². The second-order valence-corrected chi connectivity index (χ2v) is 9.45. The molecule has 0 unspecified atom stereocenters. The number of hydrogen-bond donors (Lipinski definition) is 2. The quantitative estimate of drug-likeness (QED) is 0.499. The van der Waals surface area contributed by atoms with E-state index in [1.807, 2.05) is 25.1 Å². The topological polar surface area (TPSA) is 75.3 Å². The fraction of sp³-hybridized carbons (Fsp3) is 0.240. The lowest BCUT2D eigenvalue weighted by atomic mass is 10.1. The van der Waals surface area contributed by atoms with Crippen LogP contribution < -0.4 is 10.0 Å². The van der Waals surface area contributed by atoms with Crippen LogP contribution in [-0.4, -0.2) is 20.9 Å². The van der Waals surface area contributed by atoms with Crippen molar-refractivity contribution in [2.45, 2.75) is 38.5 Å². The number of hydrogen-bond acceptors (Lipinski definition) is 3. The predicted molar refractivity (Wildman–Crippen MR) is 125 cm³/mol. The smallest absolute Gasteiger partial charge is 0.262 e. The summed E-state index contributed by atoms with van der Waals surface area (Å²) in [6.07, 6.45) is 1.68. The molecule has 0 saturated carbocycles. The molecule has 0 bridgehead atoms. The molecule has 162 valence electrons. The molecule has 1 amide bonds. The average Bonchev–Trinajstić information content (AvgIpc) is 2.73. The Balaban J connectivity index is 1.65. The maximum absolute atomic E-state index is 12.9. The van der Waals surface area contributed by atoms with Crippen molar-refractivity contribution < 1.29 is 13.2 Å². The maximum atomic E-state index is 12.9. The maximum Gasteiger partial charge on any atom is 0.262 e. The first-order chi connectivity index (χ1) is 14.7. The van der Waals surface area contributed by atoms with E-state index in [0.29, 0.717) is 23.4 Å². The molecule has 0 fully saturated rings. The summed E-state index contributed by atoms with van der Waals surface area (Å²) in [5.74, 6) is -0.281. The van der Waals surface area contributed by atoms with E-state index in [0.717, 1.165) is 18.4 Å². The highest BCUT2D eigenvalue weighted by Gasteiger charge is 2.19. The van der Waals surface area contributed by atoms with E-state index in [1.165, 1.54) is 17.2 Å². The molecule has 3 aromatic rings. The third kappa shape index (κ3) is 6.18. The third-order valence-corrected chi connectivity index (χ3v) is 6.58. The normalized spacial score (nSPS) is 11.2. The summed E-state index contributed by atoms with van der Waals surface area (Å²) < 4.78 is 28.4. The fourth-order valence-electron chi connectivity index (χ4n) is 3.33. The van der Waals surface area contributed by atoms with Gasteiger partial charge in [-0.1, -0.05) is 53.6 Å². The molecular weight excluding hydrogens is 408 g/mol. The highest BCUT2D eigenvalue weighted by Crippen LogP contribution is 2.21. The minimum absolute atomic E-state index is 0.0977. The van der Waals surface area contributed by atoms with E-state index in [1.54, 1.807) is 31.2 Å². The summed E-state index contributed by atoms with van der Waals surface area (Å²) in [6, 6.07) is 20.1. The fourth-order valence-corrected chi connectivity index (χ4v) is 4.66. The molecular formula is C25H28N2O3S. The number of rotatable bonds is 8. The van der Waals surface area contributed by atoms with Crippen LogP contribution in [0.15, 0.2) is 71.6 Å². The Bertz CT molecular complexity index is 1170. The monoisotopic (exact) mass is 436 g/mol. The zero-order valence-corrected chi connectivity index (χ0v) is 18.9. The molecule has 0 aliphatic carbocycles. The van der Waals surface area contributed by atoms with Gasteiger partial charge < -0.3 is 5.32 Å². The number of amides is 1. The van der Waals surface area contributed by atoms with Crippen molar-refractivity contribution in [2.24, 2.45) is 0 Å². The molecule has 3 aromatic carbocycles. The van der Waals surface area contributed by atoms with Gasteiger partial charge in [0.2, 0.25) is 0 Å². The standard InChI is InChI=1S/C25H28N2O3S/c1-18-9-13-23(14-10-18)27-31(29,30)24-17-22(12-11-20(24)3)25(28)26-15-5-8-21-7-4-6-19(2)16-21/h4,6-7,9-14,16-17,27H,5,8,15H2,1-3H3,(H,26,28). The van der Waals surface area contributed by atoms with Crippen LogP contribution in [0.2, 0.25) is 0 Å². The Labute approximate surface area is 184 Å². The van der Waals surface area contributed by atoms with Crippen LogP contribution in [-0.2, 0) is 16.4 Å². The van der Waals surface area contributed by atoms with Crippen molar-refractivity contribution in [3.8, 4) is 0 Å². The molecule has 3 rings (SSSR count). The van der Waals surface area contributed by atoms with Crippen molar-refractivity contribution in [3.05, 3.63) is 94.5 Å². The van der Waals surface area contributed by atoms with Crippen molar-refractivity contribution in [1.29, 1.82) is 0 Å². The van der Waals surface area contributed by atoms with E-state index >= 15 is 0 Å². The Morgan fingerprint density at radius 3 is 2.32 bits per heavy atom. The van der Waals surface area contributed by atoms with Crippen LogP contribution >= 0.6 is 0 Å². The zero-order valence-electron chi connectivity index (χ0n) is 18.1. The van der Waals surface area contributed by atoms with E-state index in [9.17, 15) is 13.2 Å². The summed E-state index contributed by atoms with van der Waals surface area (Å²) in [5, 5.41) is 2.88. The molecule has 0 aliphatic heterocycles. The summed E-state index contributed by atoms with van der Waals surface area (Å²) in [5.41, 5.74) is 4.88. The summed E-state index contributed by atoms with van der Waals surface area (Å²) in [7, 11) is -3.81. The molecule has 6 heteroatoms. The molecule has 0 radical (unpaired) electrons. The summed E-state index contributed by atoms with van der Waals surface area (Å²) in [6.45, 7) is 6.23. The van der Waals surface area contributed by atoms with Crippen LogP contribution in [0.3, 0.4) is 0 Å². The second-order valence-electron chi connectivity index (χ2n) is 7.80. The molecule has 2 N–H and O–H groups in total. The van der Waals surface area contributed by atoms with Crippen LogP contribution in [0.1, 0.15) is 39.0 Å². The van der Waals surface area contributed by atoms with Gasteiger partial charge in [0.05, 0.1) is 4.90 Å². The number of anilines is 1. The zero-order chi connectivity index (χ0) is 22.4. The van der Waals surface area contributed by atoms with Crippen molar-refractivity contribution in [1.82, 2.24) is 5.32 Å². The number of carbonyl (C=O) groups is 1. The average molecular weight is 437 g/mol. The van der Waals surface area contributed by atoms with Gasteiger partial charge >= 0.3 is 0 Å². The first-order valence-corrected chi connectivity index (χ1v) is 11.8. The van der Waals surface area contributed by atoms with Gasteiger partial charge in [-0.2, -0.15) is 0 Å². The lowest BCUT2D eigenvalue weighted by molar-refractivity contribution is 0.0953. The molecule has 0 aromatic heterocycles. The van der Waals surface area contributed by atoms with Gasteiger partial charge in [-0.3, -0.25) is 9.52 Å². The van der Waals surface area contributed by atoms with Crippen molar-refractivity contribution >= 4 is 21.6 Å². The second kappa shape index (κ2) is 9.79. The molecule has 31 heavy (non-hydrogen) atoms. The molecule has 0 saturated heterocycles. The highest BCUT2D eigenvalue weighted by molar-refractivity contribution is 7.92. The van der Waals surface area contributed by atoms with Gasteiger partial charge in [-0.15, -0.1) is 0 Å². The van der Waals surface area contributed by atoms with Crippen LogP contribution in [0.25, 0.3) is 0 Å².